The molecule has 0 spiro atoms. The van der Waals surface area contributed by atoms with Crippen LogP contribution in [0.4, 0.5) is 20.3 Å². The van der Waals surface area contributed by atoms with Crippen LogP contribution in [0.2, 0.25) is 0 Å². The highest BCUT2D eigenvalue weighted by Crippen LogP contribution is 2.30. The van der Waals surface area contributed by atoms with Crippen LogP contribution in [0.5, 0.6) is 0 Å². The Labute approximate surface area is 171 Å². The van der Waals surface area contributed by atoms with E-state index >= 15 is 0 Å². The van der Waals surface area contributed by atoms with Crippen LogP contribution in [0, 0.1) is 0 Å². The highest BCUT2D eigenvalue weighted by Gasteiger charge is 2.25. The molecule has 6 nitrogen and oxygen atoms in total. The van der Waals surface area contributed by atoms with Gasteiger partial charge in [0.1, 0.15) is 16.2 Å². The third-order valence-electron chi connectivity index (χ3n) is 5.02. The van der Waals surface area contributed by atoms with Crippen LogP contribution in [0.1, 0.15) is 36.2 Å². The standard InChI is InChI=1S/C20H21F2N5OS/c1-11-9-27(12(2)7-23-11)16-8-24-20-17(26-16)14(10-29-20)19(28)25-15-6-4-3-5-13(15)18(21)22/h3-6,8,10-12,18,23H,7,9H2,1-2H3,(H,25,28)/t11-,12-/m1/s1. The van der Waals surface area contributed by atoms with Gasteiger partial charge in [0, 0.05) is 41.8 Å². The van der Waals surface area contributed by atoms with Crippen molar-refractivity contribution in [3.63, 3.8) is 0 Å². The van der Waals surface area contributed by atoms with Gasteiger partial charge in [0.05, 0.1) is 11.8 Å². The van der Waals surface area contributed by atoms with Crippen LogP contribution in [0.25, 0.3) is 10.3 Å². The number of thiophene rings is 1. The van der Waals surface area contributed by atoms with E-state index in [4.69, 9.17) is 4.98 Å². The summed E-state index contributed by atoms with van der Waals surface area (Å²) in [5, 5.41) is 7.68. The molecule has 1 fully saturated rings. The van der Waals surface area contributed by atoms with Gasteiger partial charge in [-0.1, -0.05) is 18.2 Å². The Hall–Kier alpha value is -2.65. The summed E-state index contributed by atoms with van der Waals surface area (Å²) in [5.41, 5.74) is 0.702. The molecule has 0 aliphatic carbocycles. The minimum absolute atomic E-state index is 0.0977. The summed E-state index contributed by atoms with van der Waals surface area (Å²) < 4.78 is 26.4. The molecule has 1 saturated heterocycles. The smallest absolute Gasteiger partial charge is 0.265 e. The van der Waals surface area contributed by atoms with E-state index in [1.807, 2.05) is 0 Å². The lowest BCUT2D eigenvalue weighted by atomic mass is 10.1. The molecule has 2 N–H and O–H groups in total. The number of anilines is 2. The van der Waals surface area contributed by atoms with Crippen LogP contribution in [0.3, 0.4) is 0 Å². The second-order valence-corrected chi connectivity index (χ2v) is 8.04. The third kappa shape index (κ3) is 3.92. The zero-order valence-electron chi connectivity index (χ0n) is 16.0. The van der Waals surface area contributed by atoms with Gasteiger partial charge in [-0.15, -0.1) is 11.3 Å². The highest BCUT2D eigenvalue weighted by molar-refractivity contribution is 7.17. The Morgan fingerprint density at radius 3 is 2.93 bits per heavy atom. The quantitative estimate of drug-likeness (QED) is 0.670. The predicted octanol–water partition coefficient (Wildman–Crippen LogP) is 4.07. The maximum Gasteiger partial charge on any atom is 0.265 e. The molecule has 1 amide bonds. The molecule has 0 bridgehead atoms. The molecule has 2 aromatic heterocycles. The Morgan fingerprint density at radius 1 is 1.34 bits per heavy atom. The number of nitrogens with one attached hydrogen (secondary N) is 2. The second-order valence-electron chi connectivity index (χ2n) is 7.18. The van der Waals surface area contributed by atoms with Crippen molar-refractivity contribution in [3.05, 3.63) is 47.0 Å². The number of fused-ring (bicyclic) bond motifs is 1. The van der Waals surface area contributed by atoms with Gasteiger partial charge in [0.15, 0.2) is 0 Å². The van der Waals surface area contributed by atoms with Crippen molar-refractivity contribution in [3.8, 4) is 0 Å². The van der Waals surface area contributed by atoms with Gasteiger partial charge in [-0.3, -0.25) is 4.79 Å². The van der Waals surface area contributed by atoms with Gasteiger partial charge in [-0.2, -0.15) is 0 Å². The van der Waals surface area contributed by atoms with E-state index in [2.05, 4.69) is 34.4 Å². The van der Waals surface area contributed by atoms with E-state index < -0.39 is 12.3 Å². The van der Waals surface area contributed by atoms with Crippen LogP contribution in [-0.2, 0) is 0 Å². The maximum absolute atomic E-state index is 13.2. The number of hydrogen-bond donors (Lipinski definition) is 2. The lowest BCUT2D eigenvalue weighted by Gasteiger charge is -2.38. The molecule has 1 aliphatic heterocycles. The first-order chi connectivity index (χ1) is 13.9. The number of benzene rings is 1. The van der Waals surface area contributed by atoms with E-state index in [1.54, 1.807) is 17.6 Å². The fourth-order valence-corrected chi connectivity index (χ4v) is 4.26. The molecule has 9 heteroatoms. The molecule has 3 heterocycles. The van der Waals surface area contributed by atoms with Gasteiger partial charge in [-0.25, -0.2) is 18.7 Å². The van der Waals surface area contributed by atoms with Gasteiger partial charge in [0.25, 0.3) is 12.3 Å². The zero-order chi connectivity index (χ0) is 20.5. The predicted molar refractivity (Wildman–Crippen MR) is 111 cm³/mol. The van der Waals surface area contributed by atoms with E-state index in [0.717, 1.165) is 13.1 Å². The molecule has 0 radical (unpaired) electrons. The van der Waals surface area contributed by atoms with Gasteiger partial charge >= 0.3 is 0 Å². The number of piperazine rings is 1. The van der Waals surface area contributed by atoms with Crippen molar-refractivity contribution in [1.29, 1.82) is 0 Å². The number of aromatic nitrogens is 2. The summed E-state index contributed by atoms with van der Waals surface area (Å²) in [5.74, 6) is 0.233. The molecule has 29 heavy (non-hydrogen) atoms. The lowest BCUT2D eigenvalue weighted by Crippen LogP contribution is -2.54. The van der Waals surface area contributed by atoms with E-state index in [0.29, 0.717) is 27.8 Å². The molecule has 0 unspecified atom stereocenters. The Morgan fingerprint density at radius 2 is 2.14 bits per heavy atom. The largest absolute Gasteiger partial charge is 0.350 e. The molecule has 0 saturated carbocycles. The van der Waals surface area contributed by atoms with E-state index in [-0.39, 0.29) is 17.3 Å². The number of hydrogen-bond acceptors (Lipinski definition) is 6. The number of rotatable bonds is 4. The van der Waals surface area contributed by atoms with Crippen LogP contribution < -0.4 is 15.5 Å². The Balaban J connectivity index is 1.65. The summed E-state index contributed by atoms with van der Waals surface area (Å²) >= 11 is 1.31. The molecular weight excluding hydrogens is 396 g/mol. The number of amides is 1. The summed E-state index contributed by atoms with van der Waals surface area (Å²) in [7, 11) is 0. The molecule has 152 valence electrons. The topological polar surface area (TPSA) is 70.2 Å². The Bertz CT molecular complexity index is 1040. The molecule has 1 aromatic carbocycles. The summed E-state index contributed by atoms with van der Waals surface area (Å²) in [6.45, 7) is 5.83. The van der Waals surface area contributed by atoms with Crippen molar-refractivity contribution in [1.82, 2.24) is 15.3 Å². The maximum atomic E-state index is 13.2. The van der Waals surface area contributed by atoms with Crippen LogP contribution in [0.15, 0.2) is 35.8 Å². The van der Waals surface area contributed by atoms with Gasteiger partial charge in [-0.05, 0) is 19.9 Å². The molecular formula is C20H21F2N5OS. The summed E-state index contributed by atoms with van der Waals surface area (Å²) in [6, 6.07) is 6.46. The third-order valence-corrected chi connectivity index (χ3v) is 5.89. The van der Waals surface area contributed by atoms with E-state index in [9.17, 15) is 13.6 Å². The number of para-hydroxylation sites is 1. The van der Waals surface area contributed by atoms with Crippen molar-refractivity contribution >= 4 is 39.1 Å². The number of nitrogens with zero attached hydrogens (tertiary/aromatic N) is 3. The van der Waals surface area contributed by atoms with Crippen molar-refractivity contribution in [2.75, 3.05) is 23.3 Å². The minimum Gasteiger partial charge on any atom is -0.350 e. The number of alkyl halides is 2. The first kappa shape index (κ1) is 19.7. The minimum atomic E-state index is -2.67. The van der Waals surface area contributed by atoms with Gasteiger partial charge < -0.3 is 15.5 Å². The molecule has 4 rings (SSSR count). The molecule has 3 aromatic rings. The molecule has 2 atom stereocenters. The Kier molecular flexibility index (Phi) is 5.42. The van der Waals surface area contributed by atoms with Crippen molar-refractivity contribution in [2.24, 2.45) is 0 Å². The SMILES string of the molecule is C[C@@H]1CN(c2cnc3scc(C(=O)Nc4ccccc4C(F)F)c3n2)[C@H](C)CN1. The highest BCUT2D eigenvalue weighted by atomic mass is 32.1. The number of carbonyl (C=O) groups excluding carboxylic acids is 1. The van der Waals surface area contributed by atoms with Crippen LogP contribution in [-0.4, -0.2) is 41.0 Å². The van der Waals surface area contributed by atoms with Crippen molar-refractivity contribution < 1.29 is 13.6 Å². The van der Waals surface area contributed by atoms with Crippen molar-refractivity contribution in [2.45, 2.75) is 32.4 Å². The summed E-state index contributed by atoms with van der Waals surface area (Å²) in [4.78, 5) is 24.8. The first-order valence-electron chi connectivity index (χ1n) is 9.36. The first-order valence-corrected chi connectivity index (χ1v) is 10.2. The number of carbonyl (C=O) groups is 1. The second kappa shape index (κ2) is 8.00. The van der Waals surface area contributed by atoms with Gasteiger partial charge in [0.2, 0.25) is 0 Å². The van der Waals surface area contributed by atoms with Crippen LogP contribution >= 0.6 is 11.3 Å². The average Bonchev–Trinajstić information content (AvgIpc) is 3.13. The lowest BCUT2D eigenvalue weighted by molar-refractivity contribution is 0.102. The fourth-order valence-electron chi connectivity index (χ4n) is 3.43. The summed E-state index contributed by atoms with van der Waals surface area (Å²) in [6.07, 6.45) is -0.950. The zero-order valence-corrected chi connectivity index (χ0v) is 16.8. The van der Waals surface area contributed by atoms with E-state index in [1.165, 1.54) is 29.5 Å². The normalized spacial score (nSPS) is 19.7. The number of halogens is 2. The molecule has 1 aliphatic rings. The average molecular weight is 417 g/mol. The monoisotopic (exact) mass is 417 g/mol. The fraction of sp³-hybridized carbons (Fsp3) is 0.350.